The number of fused-ring (bicyclic) bond motifs is 1. The van der Waals surface area contributed by atoms with Crippen LogP contribution in [0.4, 0.5) is 0 Å². The van der Waals surface area contributed by atoms with Crippen molar-refractivity contribution >= 4 is 22.5 Å². The van der Waals surface area contributed by atoms with Crippen molar-refractivity contribution in [2.75, 3.05) is 13.1 Å². The van der Waals surface area contributed by atoms with Crippen molar-refractivity contribution in [1.82, 2.24) is 24.1 Å². The fourth-order valence-corrected chi connectivity index (χ4v) is 5.23. The van der Waals surface area contributed by atoms with Crippen LogP contribution in [0.1, 0.15) is 46.1 Å². The molecule has 1 unspecified atom stereocenters. The van der Waals surface area contributed by atoms with Gasteiger partial charge in [0.1, 0.15) is 5.56 Å². The molecule has 1 N–H and O–H groups in total. The van der Waals surface area contributed by atoms with Gasteiger partial charge in [0.2, 0.25) is 5.43 Å². The molecule has 0 spiro atoms. The molecule has 1 saturated heterocycles. The van der Waals surface area contributed by atoms with E-state index in [0.717, 1.165) is 42.6 Å². The number of aromatic nitrogens is 4. The van der Waals surface area contributed by atoms with E-state index >= 15 is 0 Å². The standard InChI is InChI=1S/C24H23N5O3/c1-14-10-21(30)29-20(25-14)11-19(26-29)16-5-3-8-28(12-16)24(32)18-13-27-9-7-15-4-2-6-17(22(15)27)23(18)31/h2,4,6,10-11,13,16,26H,3,5,7-9,12H2,1H3. The summed E-state index contributed by atoms with van der Waals surface area (Å²) in [7, 11) is 0. The highest BCUT2D eigenvalue weighted by Gasteiger charge is 2.29. The lowest BCUT2D eigenvalue weighted by Gasteiger charge is -2.32. The molecule has 0 bridgehead atoms. The number of aryl methyl sites for hydroxylation is 3. The third-order valence-corrected chi connectivity index (χ3v) is 6.78. The Morgan fingerprint density at radius 3 is 2.94 bits per heavy atom. The van der Waals surface area contributed by atoms with E-state index in [4.69, 9.17) is 0 Å². The van der Waals surface area contributed by atoms with E-state index < -0.39 is 0 Å². The number of hydrogen-bond donors (Lipinski definition) is 1. The van der Waals surface area contributed by atoms with Gasteiger partial charge in [-0.1, -0.05) is 12.1 Å². The van der Waals surface area contributed by atoms with E-state index in [1.165, 1.54) is 10.6 Å². The summed E-state index contributed by atoms with van der Waals surface area (Å²) in [6, 6.07) is 9.14. The Hall–Kier alpha value is -3.68. The molecule has 8 nitrogen and oxygen atoms in total. The Morgan fingerprint density at radius 1 is 1.19 bits per heavy atom. The second kappa shape index (κ2) is 6.91. The van der Waals surface area contributed by atoms with Crippen molar-refractivity contribution in [3.8, 4) is 0 Å². The maximum Gasteiger partial charge on any atom is 0.272 e. The molecule has 0 aliphatic carbocycles. The number of hydrogen-bond acceptors (Lipinski definition) is 4. The number of benzene rings is 1. The van der Waals surface area contributed by atoms with Gasteiger partial charge in [-0.15, -0.1) is 0 Å². The molecule has 1 amide bonds. The summed E-state index contributed by atoms with van der Waals surface area (Å²) in [4.78, 5) is 45.1. The Balaban J connectivity index is 1.34. The van der Waals surface area contributed by atoms with Gasteiger partial charge in [0, 0.05) is 60.7 Å². The number of nitrogens with zero attached hydrogens (tertiary/aromatic N) is 4. The fraction of sp³-hybridized carbons (Fsp3) is 0.333. The predicted molar refractivity (Wildman–Crippen MR) is 120 cm³/mol. The number of carbonyl (C=O) groups is 1. The van der Waals surface area contributed by atoms with E-state index in [2.05, 4.69) is 10.1 Å². The smallest absolute Gasteiger partial charge is 0.272 e. The minimum Gasteiger partial charge on any atom is -0.346 e. The molecule has 2 aliphatic rings. The van der Waals surface area contributed by atoms with Crippen molar-refractivity contribution in [3.63, 3.8) is 0 Å². The van der Waals surface area contributed by atoms with Gasteiger partial charge in [0.25, 0.3) is 11.5 Å². The number of pyridine rings is 1. The van der Waals surface area contributed by atoms with E-state index in [-0.39, 0.29) is 28.4 Å². The highest BCUT2D eigenvalue weighted by atomic mass is 16.2. The largest absolute Gasteiger partial charge is 0.346 e. The molecule has 1 atom stereocenters. The molecular formula is C24H23N5O3. The van der Waals surface area contributed by atoms with Crippen LogP contribution in [-0.4, -0.2) is 43.1 Å². The predicted octanol–water partition coefficient (Wildman–Crippen LogP) is 2.22. The summed E-state index contributed by atoms with van der Waals surface area (Å²) in [5, 5.41) is 3.78. The number of likely N-dealkylation sites (tertiary alicyclic amines) is 1. The van der Waals surface area contributed by atoms with Gasteiger partial charge in [0.15, 0.2) is 5.65 Å². The first-order valence-electron chi connectivity index (χ1n) is 11.0. The molecule has 4 aromatic rings. The molecule has 1 aromatic carbocycles. The van der Waals surface area contributed by atoms with Crippen LogP contribution in [0, 0.1) is 6.92 Å². The van der Waals surface area contributed by atoms with Gasteiger partial charge in [-0.3, -0.25) is 19.5 Å². The number of rotatable bonds is 2. The lowest BCUT2D eigenvalue weighted by Crippen LogP contribution is -2.41. The Morgan fingerprint density at radius 2 is 2.06 bits per heavy atom. The third-order valence-electron chi connectivity index (χ3n) is 6.78. The molecular weight excluding hydrogens is 406 g/mol. The first-order valence-corrected chi connectivity index (χ1v) is 11.0. The topological polar surface area (TPSA) is 92.5 Å². The summed E-state index contributed by atoms with van der Waals surface area (Å²) in [5.74, 6) is -0.163. The average molecular weight is 429 g/mol. The van der Waals surface area contributed by atoms with Crippen LogP contribution in [0.15, 0.2) is 46.1 Å². The lowest BCUT2D eigenvalue weighted by atomic mass is 9.94. The summed E-state index contributed by atoms with van der Waals surface area (Å²) in [5.41, 5.74) is 4.16. The van der Waals surface area contributed by atoms with E-state index in [1.807, 2.05) is 28.8 Å². The van der Waals surface area contributed by atoms with Crippen molar-refractivity contribution in [3.05, 3.63) is 79.6 Å². The zero-order chi connectivity index (χ0) is 22.0. The van der Waals surface area contributed by atoms with Crippen molar-refractivity contribution in [2.24, 2.45) is 0 Å². The van der Waals surface area contributed by atoms with Gasteiger partial charge in [-0.2, -0.15) is 0 Å². The molecule has 162 valence electrons. The van der Waals surface area contributed by atoms with Crippen LogP contribution < -0.4 is 11.0 Å². The molecule has 0 radical (unpaired) electrons. The number of nitrogens with one attached hydrogen (secondary N) is 1. The minimum atomic E-state index is -0.218. The Kier molecular flexibility index (Phi) is 4.11. The zero-order valence-corrected chi connectivity index (χ0v) is 17.8. The molecule has 3 aromatic heterocycles. The van der Waals surface area contributed by atoms with E-state index in [1.54, 1.807) is 18.0 Å². The van der Waals surface area contributed by atoms with Gasteiger partial charge in [-0.05, 0) is 37.8 Å². The highest BCUT2D eigenvalue weighted by Crippen LogP contribution is 2.28. The van der Waals surface area contributed by atoms with E-state index in [0.29, 0.717) is 29.8 Å². The summed E-state index contributed by atoms with van der Waals surface area (Å²) >= 11 is 0. The third kappa shape index (κ3) is 2.82. The van der Waals surface area contributed by atoms with Crippen molar-refractivity contribution < 1.29 is 4.79 Å². The van der Waals surface area contributed by atoms with Crippen molar-refractivity contribution in [1.29, 1.82) is 0 Å². The SMILES string of the molecule is Cc1cc(=O)n2[nH]c(C3CCCN(C(=O)c4cn5c6c(cccc6c4=O)CC5)C3)cc2n1. The Bertz CT molecular complexity index is 1530. The summed E-state index contributed by atoms with van der Waals surface area (Å²) in [6.07, 6.45) is 4.35. The number of H-pyrrole nitrogens is 1. The van der Waals surface area contributed by atoms with Crippen LogP contribution in [0.5, 0.6) is 0 Å². The highest BCUT2D eigenvalue weighted by molar-refractivity contribution is 5.98. The summed E-state index contributed by atoms with van der Waals surface area (Å²) < 4.78 is 3.48. The maximum atomic E-state index is 13.4. The molecule has 1 fully saturated rings. The molecule has 8 heteroatoms. The number of aromatic amines is 1. The van der Waals surface area contributed by atoms with Crippen LogP contribution in [-0.2, 0) is 13.0 Å². The lowest BCUT2D eigenvalue weighted by molar-refractivity contribution is 0.0704. The van der Waals surface area contributed by atoms with Crippen LogP contribution >= 0.6 is 0 Å². The van der Waals surface area contributed by atoms with Crippen molar-refractivity contribution in [2.45, 2.75) is 38.6 Å². The number of para-hydroxylation sites is 1. The van der Waals surface area contributed by atoms with Gasteiger partial charge >= 0.3 is 0 Å². The number of amides is 1. The molecule has 32 heavy (non-hydrogen) atoms. The summed E-state index contributed by atoms with van der Waals surface area (Å²) in [6.45, 7) is 3.70. The second-order valence-corrected chi connectivity index (χ2v) is 8.86. The van der Waals surface area contributed by atoms with Gasteiger partial charge in [0.05, 0.1) is 5.52 Å². The fourth-order valence-electron chi connectivity index (χ4n) is 5.23. The van der Waals surface area contributed by atoms with Crippen LogP contribution in [0.3, 0.4) is 0 Å². The number of carbonyl (C=O) groups excluding carboxylic acids is 1. The Labute approximate surface area is 183 Å². The zero-order valence-electron chi connectivity index (χ0n) is 17.8. The first-order chi connectivity index (χ1) is 15.5. The average Bonchev–Trinajstić information content (AvgIpc) is 3.41. The monoisotopic (exact) mass is 429 g/mol. The molecule has 0 saturated carbocycles. The van der Waals surface area contributed by atoms with Crippen LogP contribution in [0.2, 0.25) is 0 Å². The molecule has 6 rings (SSSR count). The van der Waals surface area contributed by atoms with Gasteiger partial charge < -0.3 is 9.47 Å². The van der Waals surface area contributed by atoms with Crippen LogP contribution in [0.25, 0.3) is 16.6 Å². The van der Waals surface area contributed by atoms with Gasteiger partial charge in [-0.25, -0.2) is 9.50 Å². The van der Waals surface area contributed by atoms with E-state index in [9.17, 15) is 14.4 Å². The normalized spacial score (nSPS) is 18.0. The molecule has 2 aliphatic heterocycles. The number of piperidine rings is 1. The minimum absolute atomic E-state index is 0.0547. The maximum absolute atomic E-state index is 13.4. The second-order valence-electron chi connectivity index (χ2n) is 8.86. The molecule has 5 heterocycles. The quantitative estimate of drug-likeness (QED) is 0.529. The first kappa shape index (κ1) is 19.0.